The molecule has 0 aliphatic rings. The van der Waals surface area contributed by atoms with Crippen LogP contribution in [0.3, 0.4) is 0 Å². The van der Waals surface area contributed by atoms with Crippen molar-refractivity contribution in [2.24, 2.45) is 0 Å². The van der Waals surface area contributed by atoms with Gasteiger partial charge in [0.25, 0.3) is 5.91 Å². The summed E-state index contributed by atoms with van der Waals surface area (Å²) in [5, 5.41) is 11.5. The maximum atomic E-state index is 13.5. The molecular formula is C13H11FN2O3. The largest absolute Gasteiger partial charge is 0.508 e. The van der Waals surface area contributed by atoms with Crippen molar-refractivity contribution in [2.45, 2.75) is 0 Å². The number of rotatable bonds is 3. The molecule has 0 spiro atoms. The van der Waals surface area contributed by atoms with Crippen LogP contribution >= 0.6 is 0 Å². The Labute approximate surface area is 108 Å². The summed E-state index contributed by atoms with van der Waals surface area (Å²) in [6, 6.07) is 6.55. The number of benzene rings is 1. The van der Waals surface area contributed by atoms with Gasteiger partial charge in [-0.3, -0.25) is 4.79 Å². The molecule has 1 aromatic heterocycles. The van der Waals surface area contributed by atoms with Gasteiger partial charge in [-0.05, 0) is 24.3 Å². The van der Waals surface area contributed by atoms with Gasteiger partial charge in [0.1, 0.15) is 17.1 Å². The van der Waals surface area contributed by atoms with Crippen molar-refractivity contribution in [2.75, 3.05) is 12.4 Å². The molecule has 5 nitrogen and oxygen atoms in total. The van der Waals surface area contributed by atoms with Crippen LogP contribution in [0.4, 0.5) is 10.1 Å². The zero-order valence-corrected chi connectivity index (χ0v) is 10.1. The van der Waals surface area contributed by atoms with E-state index in [4.69, 9.17) is 9.84 Å². The minimum atomic E-state index is -0.726. The number of anilines is 1. The number of methoxy groups -OCH3 is 1. The van der Waals surface area contributed by atoms with E-state index in [1.807, 2.05) is 0 Å². The molecule has 2 rings (SSSR count). The lowest BCUT2D eigenvalue weighted by atomic mass is 10.2. The topological polar surface area (TPSA) is 71.5 Å². The van der Waals surface area contributed by atoms with Gasteiger partial charge in [0.05, 0.1) is 12.8 Å². The first-order chi connectivity index (χ1) is 9.11. The fraction of sp³-hybridized carbons (Fsp3) is 0.0769. The summed E-state index contributed by atoms with van der Waals surface area (Å²) in [5.41, 5.74) is 0.159. The van der Waals surface area contributed by atoms with Gasteiger partial charge in [-0.1, -0.05) is 0 Å². The number of nitrogens with zero attached hydrogens (tertiary/aromatic N) is 1. The van der Waals surface area contributed by atoms with Crippen LogP contribution in [0.1, 0.15) is 10.4 Å². The normalized spacial score (nSPS) is 10.0. The zero-order valence-electron chi connectivity index (χ0n) is 10.1. The Morgan fingerprint density at radius 3 is 2.89 bits per heavy atom. The Hall–Kier alpha value is -2.63. The molecule has 0 saturated heterocycles. The minimum absolute atomic E-state index is 0.0336. The van der Waals surface area contributed by atoms with E-state index in [0.29, 0.717) is 0 Å². The summed E-state index contributed by atoms with van der Waals surface area (Å²) in [4.78, 5) is 15.9. The van der Waals surface area contributed by atoms with Gasteiger partial charge in [0.2, 0.25) is 5.88 Å². The van der Waals surface area contributed by atoms with Crippen LogP contribution in [-0.4, -0.2) is 23.1 Å². The van der Waals surface area contributed by atoms with E-state index >= 15 is 0 Å². The highest BCUT2D eigenvalue weighted by Crippen LogP contribution is 2.21. The summed E-state index contributed by atoms with van der Waals surface area (Å²) in [6.07, 6.45) is 1.48. The third-order valence-electron chi connectivity index (χ3n) is 2.41. The first kappa shape index (κ1) is 12.8. The van der Waals surface area contributed by atoms with E-state index < -0.39 is 11.7 Å². The minimum Gasteiger partial charge on any atom is -0.508 e. The maximum Gasteiger partial charge on any atom is 0.261 e. The fourth-order valence-corrected chi connectivity index (χ4v) is 1.52. The quantitative estimate of drug-likeness (QED) is 0.832. The molecule has 2 N–H and O–H groups in total. The second-order valence-electron chi connectivity index (χ2n) is 3.68. The third-order valence-corrected chi connectivity index (χ3v) is 2.41. The zero-order chi connectivity index (χ0) is 13.8. The number of hydrogen-bond acceptors (Lipinski definition) is 4. The summed E-state index contributed by atoms with van der Waals surface area (Å²) in [7, 11) is 1.39. The van der Waals surface area contributed by atoms with Crippen molar-refractivity contribution in [3.05, 3.63) is 47.9 Å². The van der Waals surface area contributed by atoms with Crippen LogP contribution in [0.5, 0.6) is 11.6 Å². The molecule has 1 heterocycles. The Balaban J connectivity index is 2.26. The maximum absolute atomic E-state index is 13.5. The molecule has 0 atom stereocenters. The standard InChI is InChI=1S/C13H11FN2O3/c1-19-13-9(3-2-6-15-13)12(18)16-11-5-4-8(17)7-10(11)14/h2-7,17H,1H3,(H,16,18). The second kappa shape index (κ2) is 5.34. The molecule has 0 aliphatic heterocycles. The second-order valence-corrected chi connectivity index (χ2v) is 3.68. The van der Waals surface area contributed by atoms with Crippen molar-refractivity contribution >= 4 is 11.6 Å². The third kappa shape index (κ3) is 2.79. The number of halogens is 1. The van der Waals surface area contributed by atoms with Crippen LogP contribution in [0, 0.1) is 5.82 Å². The van der Waals surface area contributed by atoms with Gasteiger partial charge >= 0.3 is 0 Å². The number of aromatic nitrogens is 1. The lowest BCUT2D eigenvalue weighted by Crippen LogP contribution is -2.14. The molecule has 98 valence electrons. The van der Waals surface area contributed by atoms with Gasteiger partial charge in [-0.25, -0.2) is 9.37 Å². The molecule has 0 unspecified atom stereocenters. The molecule has 19 heavy (non-hydrogen) atoms. The van der Waals surface area contributed by atoms with Crippen molar-refractivity contribution in [3.8, 4) is 11.6 Å². The number of ether oxygens (including phenoxy) is 1. The van der Waals surface area contributed by atoms with E-state index in [1.54, 1.807) is 6.07 Å². The van der Waals surface area contributed by atoms with Crippen LogP contribution in [-0.2, 0) is 0 Å². The monoisotopic (exact) mass is 262 g/mol. The molecule has 0 radical (unpaired) electrons. The smallest absolute Gasteiger partial charge is 0.261 e. The molecule has 0 saturated carbocycles. The molecule has 2 aromatic rings. The van der Waals surface area contributed by atoms with Gasteiger partial charge in [0, 0.05) is 12.3 Å². The summed E-state index contributed by atoms with van der Waals surface area (Å²) in [6.45, 7) is 0. The Morgan fingerprint density at radius 1 is 1.42 bits per heavy atom. The van der Waals surface area contributed by atoms with Crippen LogP contribution < -0.4 is 10.1 Å². The SMILES string of the molecule is COc1ncccc1C(=O)Nc1ccc(O)cc1F. The molecule has 0 fully saturated rings. The highest BCUT2D eigenvalue weighted by Gasteiger charge is 2.14. The first-order valence-corrected chi connectivity index (χ1v) is 5.40. The van der Waals surface area contributed by atoms with Crippen LogP contribution in [0.2, 0.25) is 0 Å². The van der Waals surface area contributed by atoms with Crippen LogP contribution in [0.25, 0.3) is 0 Å². The number of pyridine rings is 1. The number of amides is 1. The van der Waals surface area contributed by atoms with Crippen molar-refractivity contribution < 1.29 is 19.0 Å². The van der Waals surface area contributed by atoms with Crippen molar-refractivity contribution in [1.29, 1.82) is 0 Å². The molecular weight excluding hydrogens is 251 g/mol. The Kier molecular flexibility index (Phi) is 3.61. The number of hydrogen-bond donors (Lipinski definition) is 2. The lowest BCUT2D eigenvalue weighted by Gasteiger charge is -2.09. The van der Waals surface area contributed by atoms with Gasteiger partial charge < -0.3 is 15.2 Å². The van der Waals surface area contributed by atoms with Gasteiger partial charge in [-0.2, -0.15) is 0 Å². The Morgan fingerprint density at radius 2 is 2.21 bits per heavy atom. The van der Waals surface area contributed by atoms with E-state index in [2.05, 4.69) is 10.3 Å². The van der Waals surface area contributed by atoms with Crippen molar-refractivity contribution in [1.82, 2.24) is 4.98 Å². The summed E-state index contributed by atoms with van der Waals surface area (Å²) < 4.78 is 18.4. The number of phenolic OH excluding ortho intramolecular Hbond substituents is 1. The highest BCUT2D eigenvalue weighted by molar-refractivity contribution is 6.05. The predicted molar refractivity (Wildman–Crippen MR) is 66.8 cm³/mol. The highest BCUT2D eigenvalue weighted by atomic mass is 19.1. The summed E-state index contributed by atoms with van der Waals surface area (Å²) in [5.74, 6) is -1.33. The fourth-order valence-electron chi connectivity index (χ4n) is 1.52. The van der Waals surface area contributed by atoms with Gasteiger partial charge in [0.15, 0.2) is 0 Å². The number of nitrogens with one attached hydrogen (secondary N) is 1. The predicted octanol–water partition coefficient (Wildman–Crippen LogP) is 2.19. The van der Waals surface area contributed by atoms with E-state index in [0.717, 1.165) is 6.07 Å². The number of aromatic hydroxyl groups is 1. The average molecular weight is 262 g/mol. The van der Waals surface area contributed by atoms with E-state index in [9.17, 15) is 9.18 Å². The number of phenols is 1. The number of carbonyl (C=O) groups is 1. The lowest BCUT2D eigenvalue weighted by molar-refractivity contribution is 0.102. The molecule has 0 aliphatic carbocycles. The van der Waals surface area contributed by atoms with E-state index in [1.165, 1.54) is 31.5 Å². The van der Waals surface area contributed by atoms with Crippen molar-refractivity contribution in [3.63, 3.8) is 0 Å². The van der Waals surface area contributed by atoms with Gasteiger partial charge in [-0.15, -0.1) is 0 Å². The van der Waals surface area contributed by atoms with E-state index in [-0.39, 0.29) is 22.9 Å². The summed E-state index contributed by atoms with van der Waals surface area (Å²) >= 11 is 0. The molecule has 1 aromatic carbocycles. The first-order valence-electron chi connectivity index (χ1n) is 5.40. The molecule has 0 bridgehead atoms. The number of carbonyl (C=O) groups excluding carboxylic acids is 1. The molecule has 1 amide bonds. The Bertz CT molecular complexity index is 617. The molecule has 6 heteroatoms. The van der Waals surface area contributed by atoms with Crippen LogP contribution in [0.15, 0.2) is 36.5 Å². The average Bonchev–Trinajstić information content (AvgIpc) is 2.41.